The Balaban J connectivity index is 2.17. The second-order valence-electron chi connectivity index (χ2n) is 3.44. The topological polar surface area (TPSA) is 52.1 Å². The first-order valence-corrected chi connectivity index (χ1v) is 4.67. The van der Waals surface area contributed by atoms with E-state index >= 15 is 0 Å². The van der Waals surface area contributed by atoms with Crippen molar-refractivity contribution in [2.45, 2.75) is 25.9 Å². The minimum Gasteiger partial charge on any atom is -0.371 e. The number of hydrogen-bond acceptors (Lipinski definition) is 4. The first-order valence-electron chi connectivity index (χ1n) is 4.67. The van der Waals surface area contributed by atoms with Crippen LogP contribution < -0.4 is 0 Å². The lowest BCUT2D eigenvalue weighted by molar-refractivity contribution is -0.128. The lowest BCUT2D eigenvalue weighted by atomic mass is 10.0. The van der Waals surface area contributed by atoms with Gasteiger partial charge in [0.25, 0.3) is 0 Å². The van der Waals surface area contributed by atoms with E-state index < -0.39 is 0 Å². The molecule has 0 saturated carbocycles. The van der Waals surface area contributed by atoms with E-state index in [-0.39, 0.29) is 11.9 Å². The molecule has 1 fully saturated rings. The van der Waals surface area contributed by atoms with Gasteiger partial charge in [-0.1, -0.05) is 0 Å². The zero-order valence-corrected chi connectivity index (χ0v) is 8.06. The molecule has 1 aliphatic rings. The van der Waals surface area contributed by atoms with Gasteiger partial charge in [-0.2, -0.15) is 0 Å². The molecule has 74 valence electrons. The van der Waals surface area contributed by atoms with Crippen molar-refractivity contribution in [2.75, 3.05) is 6.61 Å². The van der Waals surface area contributed by atoms with Gasteiger partial charge in [-0.25, -0.2) is 9.97 Å². The zero-order chi connectivity index (χ0) is 9.97. The van der Waals surface area contributed by atoms with Gasteiger partial charge in [-0.3, -0.25) is 4.79 Å². The maximum absolute atomic E-state index is 11.2. The fourth-order valence-corrected chi connectivity index (χ4v) is 1.52. The molecule has 14 heavy (non-hydrogen) atoms. The molecule has 0 amide bonds. The van der Waals surface area contributed by atoms with Gasteiger partial charge in [0.1, 0.15) is 18.2 Å². The van der Waals surface area contributed by atoms with E-state index in [0.29, 0.717) is 19.4 Å². The lowest BCUT2D eigenvalue weighted by Crippen LogP contribution is -2.20. The molecule has 1 aromatic rings. The molecule has 0 radical (unpaired) electrons. The molecule has 1 aliphatic heterocycles. The summed E-state index contributed by atoms with van der Waals surface area (Å²) in [4.78, 5) is 19.3. The number of aryl methyl sites for hydroxylation is 1. The van der Waals surface area contributed by atoms with Crippen LogP contribution >= 0.6 is 0 Å². The molecule has 4 heteroatoms. The van der Waals surface area contributed by atoms with E-state index in [0.717, 1.165) is 11.4 Å². The van der Waals surface area contributed by atoms with Gasteiger partial charge in [-0.15, -0.1) is 0 Å². The van der Waals surface area contributed by atoms with Crippen molar-refractivity contribution in [2.24, 2.45) is 0 Å². The van der Waals surface area contributed by atoms with Crippen molar-refractivity contribution in [3.8, 4) is 0 Å². The molecular formula is C10H12N2O2. The number of carbonyl (C=O) groups is 1. The zero-order valence-electron chi connectivity index (χ0n) is 8.06. The highest BCUT2D eigenvalue weighted by molar-refractivity contribution is 5.79. The van der Waals surface area contributed by atoms with Crippen LogP contribution in [0.4, 0.5) is 0 Å². The van der Waals surface area contributed by atoms with Crippen LogP contribution in [0.15, 0.2) is 12.4 Å². The molecular weight excluding hydrogens is 180 g/mol. The first-order chi connectivity index (χ1) is 6.75. The van der Waals surface area contributed by atoms with Crippen molar-refractivity contribution in [3.63, 3.8) is 0 Å². The first kappa shape index (κ1) is 9.27. The van der Waals surface area contributed by atoms with Crippen molar-refractivity contribution in [3.05, 3.63) is 23.8 Å². The third-order valence-corrected chi connectivity index (χ3v) is 2.27. The van der Waals surface area contributed by atoms with Crippen LogP contribution in [0, 0.1) is 6.92 Å². The van der Waals surface area contributed by atoms with E-state index in [1.165, 1.54) is 6.33 Å². The SMILES string of the molecule is Cc1cc(C2CC(=O)CCO2)ncn1. The second kappa shape index (κ2) is 3.84. The molecule has 0 aromatic carbocycles. The van der Waals surface area contributed by atoms with Crippen LogP contribution in [-0.4, -0.2) is 22.4 Å². The molecule has 2 heterocycles. The van der Waals surface area contributed by atoms with Gasteiger partial charge in [0.05, 0.1) is 12.3 Å². The van der Waals surface area contributed by atoms with Gasteiger partial charge in [0.15, 0.2) is 0 Å². The van der Waals surface area contributed by atoms with E-state index in [1.807, 2.05) is 13.0 Å². The molecule has 1 saturated heterocycles. The van der Waals surface area contributed by atoms with Gasteiger partial charge < -0.3 is 4.74 Å². The molecule has 2 rings (SSSR count). The summed E-state index contributed by atoms with van der Waals surface area (Å²) in [6.45, 7) is 2.41. The molecule has 1 unspecified atom stereocenters. The number of rotatable bonds is 1. The summed E-state index contributed by atoms with van der Waals surface area (Å²) < 4.78 is 5.48. The summed E-state index contributed by atoms with van der Waals surface area (Å²) in [6.07, 6.45) is 2.31. The smallest absolute Gasteiger partial charge is 0.138 e. The number of carbonyl (C=O) groups excluding carboxylic acids is 1. The monoisotopic (exact) mass is 192 g/mol. The van der Waals surface area contributed by atoms with E-state index in [9.17, 15) is 4.79 Å². The van der Waals surface area contributed by atoms with Crippen molar-refractivity contribution < 1.29 is 9.53 Å². The predicted molar refractivity (Wildman–Crippen MR) is 49.7 cm³/mol. The van der Waals surface area contributed by atoms with Crippen molar-refractivity contribution >= 4 is 5.78 Å². The molecule has 1 atom stereocenters. The Labute approximate surface area is 82.3 Å². The minimum absolute atomic E-state index is 0.169. The highest BCUT2D eigenvalue weighted by Gasteiger charge is 2.22. The fraction of sp³-hybridized carbons (Fsp3) is 0.500. The van der Waals surface area contributed by atoms with Crippen molar-refractivity contribution in [1.29, 1.82) is 0 Å². The van der Waals surface area contributed by atoms with Crippen LogP contribution in [0.2, 0.25) is 0 Å². The highest BCUT2D eigenvalue weighted by Crippen LogP contribution is 2.24. The number of hydrogen-bond donors (Lipinski definition) is 0. The van der Waals surface area contributed by atoms with Crippen LogP contribution in [0.5, 0.6) is 0 Å². The minimum atomic E-state index is -0.169. The number of ketones is 1. The quantitative estimate of drug-likeness (QED) is 0.671. The highest BCUT2D eigenvalue weighted by atomic mass is 16.5. The summed E-state index contributed by atoms with van der Waals surface area (Å²) in [5.74, 6) is 0.248. The molecule has 0 bridgehead atoms. The Morgan fingerprint density at radius 1 is 1.50 bits per heavy atom. The molecule has 0 aliphatic carbocycles. The fourth-order valence-electron chi connectivity index (χ4n) is 1.52. The number of ether oxygens (including phenoxy) is 1. The Bertz CT molecular complexity index is 352. The normalized spacial score (nSPS) is 22.4. The summed E-state index contributed by atoms with van der Waals surface area (Å²) in [6, 6.07) is 1.86. The van der Waals surface area contributed by atoms with Crippen LogP contribution in [0.25, 0.3) is 0 Å². The Morgan fingerprint density at radius 2 is 2.36 bits per heavy atom. The summed E-state index contributed by atoms with van der Waals surface area (Å²) in [5.41, 5.74) is 1.71. The van der Waals surface area contributed by atoms with E-state index in [2.05, 4.69) is 9.97 Å². The van der Waals surface area contributed by atoms with Crippen LogP contribution in [0.1, 0.15) is 30.3 Å². The van der Waals surface area contributed by atoms with Gasteiger partial charge in [0, 0.05) is 18.5 Å². The molecule has 1 aromatic heterocycles. The Kier molecular flexibility index (Phi) is 2.54. The summed E-state index contributed by atoms with van der Waals surface area (Å²) in [7, 11) is 0. The van der Waals surface area contributed by atoms with Crippen LogP contribution in [0.3, 0.4) is 0 Å². The largest absolute Gasteiger partial charge is 0.371 e. The molecule has 4 nitrogen and oxygen atoms in total. The lowest BCUT2D eigenvalue weighted by Gasteiger charge is -2.21. The van der Waals surface area contributed by atoms with E-state index in [1.54, 1.807) is 0 Å². The third kappa shape index (κ3) is 1.96. The van der Waals surface area contributed by atoms with Gasteiger partial charge in [0.2, 0.25) is 0 Å². The van der Waals surface area contributed by atoms with E-state index in [4.69, 9.17) is 4.74 Å². The van der Waals surface area contributed by atoms with Gasteiger partial charge in [-0.05, 0) is 13.0 Å². The third-order valence-electron chi connectivity index (χ3n) is 2.27. The average Bonchev–Trinajstić information content (AvgIpc) is 2.18. The van der Waals surface area contributed by atoms with Crippen LogP contribution in [-0.2, 0) is 9.53 Å². The number of Topliss-reactive ketones (excluding diaryl/α,β-unsaturated/α-hetero) is 1. The Morgan fingerprint density at radius 3 is 3.07 bits per heavy atom. The predicted octanol–water partition coefficient (Wildman–Crippen LogP) is 1.21. The average molecular weight is 192 g/mol. The number of aromatic nitrogens is 2. The Hall–Kier alpha value is -1.29. The summed E-state index contributed by atoms with van der Waals surface area (Å²) in [5, 5.41) is 0. The summed E-state index contributed by atoms with van der Waals surface area (Å²) >= 11 is 0. The maximum atomic E-state index is 11.2. The van der Waals surface area contributed by atoms with Crippen molar-refractivity contribution in [1.82, 2.24) is 9.97 Å². The van der Waals surface area contributed by atoms with Gasteiger partial charge >= 0.3 is 0 Å². The standard InChI is InChI=1S/C10H12N2O2/c1-7-4-9(12-6-11-7)10-5-8(13)2-3-14-10/h4,6,10H,2-3,5H2,1H3. The molecule has 0 spiro atoms. The second-order valence-corrected chi connectivity index (χ2v) is 3.44. The number of nitrogens with zero attached hydrogens (tertiary/aromatic N) is 2. The maximum Gasteiger partial charge on any atom is 0.138 e. The molecule has 0 N–H and O–H groups in total.